The van der Waals surface area contributed by atoms with E-state index in [1.54, 1.807) is 0 Å². The van der Waals surface area contributed by atoms with Gasteiger partial charge in [0.25, 0.3) is 0 Å². The molecule has 0 radical (unpaired) electrons. The second-order valence-corrected chi connectivity index (χ2v) is 5.69. The van der Waals surface area contributed by atoms with Crippen molar-refractivity contribution in [2.24, 2.45) is 5.14 Å². The molecule has 1 heterocycles. The van der Waals surface area contributed by atoms with E-state index in [0.717, 1.165) is 26.2 Å². The van der Waals surface area contributed by atoms with E-state index < -0.39 is 10.0 Å². The molecule has 0 aromatic carbocycles. The fourth-order valence-corrected chi connectivity index (χ4v) is 2.10. The molecule has 1 atom stereocenters. The minimum atomic E-state index is -3.36. The maximum atomic E-state index is 10.7. The van der Waals surface area contributed by atoms with Gasteiger partial charge in [0.1, 0.15) is 0 Å². The van der Waals surface area contributed by atoms with Crippen molar-refractivity contribution >= 4 is 10.0 Å². The summed E-state index contributed by atoms with van der Waals surface area (Å²) in [6, 6.07) is 0. The summed E-state index contributed by atoms with van der Waals surface area (Å²) in [6.45, 7) is 6.82. The number of sulfonamides is 1. The van der Waals surface area contributed by atoms with Crippen molar-refractivity contribution in [2.45, 2.75) is 13.0 Å². The molecule has 0 saturated carbocycles. The molecule has 1 aliphatic heterocycles. The Morgan fingerprint density at radius 1 is 1.56 bits per heavy atom. The summed E-state index contributed by atoms with van der Waals surface area (Å²) in [4.78, 5) is 2.32. The molecule has 0 amide bonds. The topological polar surface area (TPSA) is 84.7 Å². The van der Waals surface area contributed by atoms with Crippen molar-refractivity contribution in [3.63, 3.8) is 0 Å². The molecule has 1 unspecified atom stereocenters. The Labute approximate surface area is 97.2 Å². The smallest absolute Gasteiger partial charge is 0.210 e. The van der Waals surface area contributed by atoms with E-state index in [0.29, 0.717) is 13.1 Å². The summed E-state index contributed by atoms with van der Waals surface area (Å²) in [5, 5.41) is 7.94. The molecule has 3 N–H and O–H groups in total. The predicted octanol–water partition coefficient (Wildman–Crippen LogP) is -1.41. The number of morpholine rings is 1. The summed E-state index contributed by atoms with van der Waals surface area (Å²) in [5.74, 6) is -0.0305. The zero-order chi connectivity index (χ0) is 12.0. The Morgan fingerprint density at radius 3 is 2.94 bits per heavy atom. The lowest BCUT2D eigenvalue weighted by Crippen LogP contribution is -2.47. The lowest BCUT2D eigenvalue weighted by atomic mass is 10.2. The molecule has 6 nitrogen and oxygen atoms in total. The Morgan fingerprint density at radius 2 is 2.31 bits per heavy atom. The predicted molar refractivity (Wildman–Crippen MR) is 62.7 cm³/mol. The highest BCUT2D eigenvalue weighted by atomic mass is 32.2. The number of likely N-dealkylation sites (N-methyl/N-ethyl adjacent to an activating group) is 1. The molecule has 0 aromatic heterocycles. The number of hydrogen-bond acceptors (Lipinski definition) is 5. The fourth-order valence-electron chi connectivity index (χ4n) is 1.67. The van der Waals surface area contributed by atoms with Gasteiger partial charge in [-0.2, -0.15) is 0 Å². The van der Waals surface area contributed by atoms with Crippen LogP contribution in [0.2, 0.25) is 0 Å². The third-order valence-corrected chi connectivity index (χ3v) is 3.38. The first-order chi connectivity index (χ1) is 7.51. The molecule has 1 fully saturated rings. The Balaban J connectivity index is 2.13. The number of hydrogen-bond donors (Lipinski definition) is 2. The molecular formula is C9H21N3O3S. The van der Waals surface area contributed by atoms with Crippen molar-refractivity contribution in [2.75, 3.05) is 45.1 Å². The number of nitrogens with two attached hydrogens (primary N) is 1. The zero-order valence-corrected chi connectivity index (χ0v) is 10.5. The Bertz CT molecular complexity index is 294. The van der Waals surface area contributed by atoms with Crippen LogP contribution in [-0.2, 0) is 14.8 Å². The molecule has 0 spiro atoms. The molecule has 0 bridgehead atoms. The lowest BCUT2D eigenvalue weighted by molar-refractivity contribution is -0.0249. The van der Waals surface area contributed by atoms with Crippen LogP contribution in [0.1, 0.15) is 6.92 Å². The van der Waals surface area contributed by atoms with Crippen LogP contribution in [0.25, 0.3) is 0 Å². The maximum absolute atomic E-state index is 10.7. The van der Waals surface area contributed by atoms with E-state index >= 15 is 0 Å². The van der Waals surface area contributed by atoms with Crippen molar-refractivity contribution in [3.05, 3.63) is 0 Å². The van der Waals surface area contributed by atoms with Crippen LogP contribution < -0.4 is 10.5 Å². The first kappa shape index (κ1) is 13.9. The highest BCUT2D eigenvalue weighted by molar-refractivity contribution is 7.89. The van der Waals surface area contributed by atoms with Gasteiger partial charge < -0.3 is 10.1 Å². The van der Waals surface area contributed by atoms with Crippen LogP contribution in [0, 0.1) is 0 Å². The fraction of sp³-hybridized carbons (Fsp3) is 1.00. The van der Waals surface area contributed by atoms with E-state index in [-0.39, 0.29) is 11.9 Å². The molecule has 1 saturated heterocycles. The van der Waals surface area contributed by atoms with E-state index in [2.05, 4.69) is 17.1 Å². The number of nitrogens with one attached hydrogen (secondary N) is 1. The second kappa shape index (κ2) is 6.51. The number of ether oxygens (including phenoxy) is 1. The van der Waals surface area contributed by atoms with Gasteiger partial charge in [-0.3, -0.25) is 4.90 Å². The van der Waals surface area contributed by atoms with Crippen molar-refractivity contribution in [1.82, 2.24) is 10.2 Å². The van der Waals surface area contributed by atoms with E-state index in [9.17, 15) is 8.42 Å². The average Bonchev–Trinajstić information content (AvgIpc) is 2.23. The maximum Gasteiger partial charge on any atom is 0.210 e. The van der Waals surface area contributed by atoms with Crippen molar-refractivity contribution < 1.29 is 13.2 Å². The van der Waals surface area contributed by atoms with Crippen molar-refractivity contribution in [3.8, 4) is 0 Å². The molecule has 0 aliphatic carbocycles. The SMILES string of the molecule is CCN1CCOC(CNCCS(N)(=O)=O)C1. The van der Waals surface area contributed by atoms with E-state index in [4.69, 9.17) is 9.88 Å². The van der Waals surface area contributed by atoms with Gasteiger partial charge in [-0.1, -0.05) is 6.92 Å². The summed E-state index contributed by atoms with van der Waals surface area (Å²) >= 11 is 0. The number of primary sulfonamides is 1. The Hall–Kier alpha value is -0.210. The van der Waals surface area contributed by atoms with Crippen LogP contribution >= 0.6 is 0 Å². The van der Waals surface area contributed by atoms with Gasteiger partial charge in [-0.05, 0) is 6.54 Å². The molecule has 0 aromatic rings. The summed E-state index contributed by atoms with van der Waals surface area (Å²) in [7, 11) is -3.36. The third-order valence-electron chi connectivity index (χ3n) is 2.61. The van der Waals surface area contributed by atoms with Gasteiger partial charge in [-0.25, -0.2) is 13.6 Å². The van der Waals surface area contributed by atoms with Gasteiger partial charge in [0.15, 0.2) is 0 Å². The Kier molecular flexibility index (Phi) is 5.63. The minimum Gasteiger partial charge on any atom is -0.374 e. The summed E-state index contributed by atoms with van der Waals surface area (Å²) < 4.78 is 26.9. The molecule has 1 rings (SSSR count). The first-order valence-corrected chi connectivity index (χ1v) is 7.28. The number of nitrogens with zero attached hydrogens (tertiary/aromatic N) is 1. The first-order valence-electron chi connectivity index (χ1n) is 5.56. The van der Waals surface area contributed by atoms with Gasteiger partial charge >= 0.3 is 0 Å². The van der Waals surface area contributed by atoms with E-state index in [1.807, 2.05) is 0 Å². The molecule has 1 aliphatic rings. The summed E-state index contributed by atoms with van der Waals surface area (Å²) in [6.07, 6.45) is 0.147. The van der Waals surface area contributed by atoms with Gasteiger partial charge in [0, 0.05) is 26.2 Å². The summed E-state index contributed by atoms with van der Waals surface area (Å²) in [5.41, 5.74) is 0. The minimum absolute atomic E-state index is 0.0305. The molecule has 16 heavy (non-hydrogen) atoms. The van der Waals surface area contributed by atoms with E-state index in [1.165, 1.54) is 0 Å². The van der Waals surface area contributed by atoms with Crippen LogP contribution in [0.4, 0.5) is 0 Å². The second-order valence-electron chi connectivity index (χ2n) is 3.96. The van der Waals surface area contributed by atoms with Gasteiger partial charge in [0.2, 0.25) is 10.0 Å². The van der Waals surface area contributed by atoms with Crippen molar-refractivity contribution in [1.29, 1.82) is 0 Å². The molecular weight excluding hydrogens is 230 g/mol. The van der Waals surface area contributed by atoms with Crippen LogP contribution in [-0.4, -0.2) is 64.5 Å². The number of rotatable bonds is 6. The van der Waals surface area contributed by atoms with Gasteiger partial charge in [0.05, 0.1) is 18.5 Å². The largest absolute Gasteiger partial charge is 0.374 e. The average molecular weight is 251 g/mol. The molecule has 7 heteroatoms. The van der Waals surface area contributed by atoms with Crippen LogP contribution in [0.15, 0.2) is 0 Å². The molecule has 96 valence electrons. The quantitative estimate of drug-likeness (QED) is 0.566. The highest BCUT2D eigenvalue weighted by Crippen LogP contribution is 2.03. The van der Waals surface area contributed by atoms with Gasteiger partial charge in [-0.15, -0.1) is 0 Å². The monoisotopic (exact) mass is 251 g/mol. The van der Waals surface area contributed by atoms with Crippen LogP contribution in [0.3, 0.4) is 0 Å². The lowest BCUT2D eigenvalue weighted by Gasteiger charge is -2.32. The normalized spacial score (nSPS) is 23.5. The zero-order valence-electron chi connectivity index (χ0n) is 9.68. The van der Waals surface area contributed by atoms with Crippen LogP contribution in [0.5, 0.6) is 0 Å². The standard InChI is InChI=1S/C9H21N3O3S/c1-2-12-4-5-15-9(8-12)7-11-3-6-16(10,13)14/h9,11H,2-8H2,1H3,(H2,10,13,14). The third kappa shape index (κ3) is 5.76. The highest BCUT2D eigenvalue weighted by Gasteiger charge is 2.18.